The van der Waals surface area contributed by atoms with Gasteiger partial charge in [0.05, 0.1) is 24.3 Å². The van der Waals surface area contributed by atoms with Crippen molar-refractivity contribution < 1.29 is 8.78 Å². The molecule has 0 saturated carbocycles. The van der Waals surface area contributed by atoms with E-state index in [1.807, 2.05) is 36.3 Å². The highest BCUT2D eigenvalue weighted by Gasteiger charge is 2.17. The van der Waals surface area contributed by atoms with Crippen molar-refractivity contribution in [3.05, 3.63) is 94.9 Å². The first-order valence-corrected chi connectivity index (χ1v) is 9.59. The number of hydrogen-bond donors (Lipinski definition) is 0. The zero-order valence-corrected chi connectivity index (χ0v) is 16.8. The smallest absolute Gasteiger partial charge is 0.128 e. The number of aromatic nitrogens is 2. The van der Waals surface area contributed by atoms with Gasteiger partial charge in [0, 0.05) is 35.6 Å². The van der Waals surface area contributed by atoms with Crippen LogP contribution in [0, 0.1) is 25.5 Å². The number of nitrogens with zero attached hydrogens (tertiary/aromatic N) is 3. The van der Waals surface area contributed by atoms with Crippen molar-refractivity contribution in [3.63, 3.8) is 0 Å². The van der Waals surface area contributed by atoms with Crippen molar-refractivity contribution in [3.8, 4) is 0 Å². The molecule has 0 amide bonds. The van der Waals surface area contributed by atoms with Crippen LogP contribution >= 0.6 is 0 Å². The summed E-state index contributed by atoms with van der Waals surface area (Å²) in [5.41, 5.74) is 5.74. The molecule has 0 bridgehead atoms. The normalized spacial score (nSPS) is 11.2. The van der Waals surface area contributed by atoms with Gasteiger partial charge in [-0.25, -0.2) is 8.78 Å². The van der Waals surface area contributed by atoms with Gasteiger partial charge in [0.2, 0.25) is 0 Å². The maximum Gasteiger partial charge on any atom is 0.128 e. The average molecular weight is 391 g/mol. The molecule has 5 heteroatoms. The molecule has 0 saturated heterocycles. The van der Waals surface area contributed by atoms with Gasteiger partial charge in [0.1, 0.15) is 11.6 Å². The molecule has 0 radical (unpaired) electrons. The van der Waals surface area contributed by atoms with Gasteiger partial charge >= 0.3 is 0 Å². The molecule has 0 unspecified atom stereocenters. The maximum absolute atomic E-state index is 14.3. The highest BCUT2D eigenvalue weighted by atomic mass is 19.1. The highest BCUT2D eigenvalue weighted by Crippen LogP contribution is 2.29. The molecule has 2 aromatic heterocycles. The number of rotatable bonds is 5. The van der Waals surface area contributed by atoms with Crippen LogP contribution < -0.4 is 4.90 Å². The average Bonchev–Trinajstić information content (AvgIpc) is 2.96. The van der Waals surface area contributed by atoms with Crippen molar-refractivity contribution in [2.24, 2.45) is 0 Å². The lowest BCUT2D eigenvalue weighted by Gasteiger charge is -2.20. The van der Waals surface area contributed by atoms with Gasteiger partial charge in [-0.05, 0) is 55.8 Å². The van der Waals surface area contributed by atoms with Crippen molar-refractivity contribution in [1.82, 2.24) is 9.55 Å². The zero-order valence-electron chi connectivity index (χ0n) is 16.8. The predicted octanol–water partition coefficient (Wildman–Crippen LogP) is 5.62. The monoisotopic (exact) mass is 391 g/mol. The fourth-order valence-corrected chi connectivity index (χ4v) is 3.79. The zero-order chi connectivity index (χ0) is 20.5. The molecule has 2 heterocycles. The highest BCUT2D eigenvalue weighted by molar-refractivity contribution is 5.87. The third-order valence-corrected chi connectivity index (χ3v) is 5.56. The number of hydrogen-bond acceptors (Lipinski definition) is 2. The molecule has 0 spiro atoms. The van der Waals surface area contributed by atoms with Gasteiger partial charge in [-0.15, -0.1) is 0 Å². The van der Waals surface area contributed by atoms with Crippen LogP contribution in [-0.2, 0) is 13.1 Å². The van der Waals surface area contributed by atoms with E-state index in [2.05, 4.69) is 23.4 Å². The van der Waals surface area contributed by atoms with Crippen LogP contribution in [0.5, 0.6) is 0 Å². The Morgan fingerprint density at radius 1 is 0.966 bits per heavy atom. The first kappa shape index (κ1) is 19.1. The number of halogens is 2. The van der Waals surface area contributed by atoms with E-state index in [0.717, 1.165) is 28.0 Å². The van der Waals surface area contributed by atoms with Crippen LogP contribution in [0.3, 0.4) is 0 Å². The molecule has 3 nitrogen and oxygen atoms in total. The Hall–Kier alpha value is -3.21. The van der Waals surface area contributed by atoms with Crippen LogP contribution in [0.4, 0.5) is 14.5 Å². The second-order valence-electron chi connectivity index (χ2n) is 7.37. The Morgan fingerprint density at radius 3 is 2.41 bits per heavy atom. The Bertz CT molecular complexity index is 1160. The van der Waals surface area contributed by atoms with Crippen molar-refractivity contribution in [1.29, 1.82) is 0 Å². The summed E-state index contributed by atoms with van der Waals surface area (Å²) in [6, 6.07) is 15.3. The van der Waals surface area contributed by atoms with Gasteiger partial charge < -0.3 is 9.47 Å². The lowest BCUT2D eigenvalue weighted by molar-refractivity contribution is 0.600. The molecule has 0 aliphatic rings. The summed E-state index contributed by atoms with van der Waals surface area (Å²) in [5, 5.41) is 1.12. The minimum absolute atomic E-state index is 0.208. The second-order valence-corrected chi connectivity index (χ2v) is 7.37. The number of fused-ring (bicyclic) bond motifs is 1. The number of aryl methyl sites for hydroxylation is 1. The van der Waals surface area contributed by atoms with E-state index in [-0.39, 0.29) is 11.6 Å². The molecule has 4 aromatic rings. The summed E-state index contributed by atoms with van der Waals surface area (Å²) in [5.74, 6) is -0.465. The van der Waals surface area contributed by atoms with E-state index >= 15 is 0 Å². The summed E-state index contributed by atoms with van der Waals surface area (Å²) >= 11 is 0. The second kappa shape index (κ2) is 7.66. The fourth-order valence-electron chi connectivity index (χ4n) is 3.79. The van der Waals surface area contributed by atoms with E-state index < -0.39 is 0 Å². The third-order valence-electron chi connectivity index (χ3n) is 5.56. The van der Waals surface area contributed by atoms with Crippen molar-refractivity contribution >= 4 is 16.6 Å². The van der Waals surface area contributed by atoms with E-state index in [1.54, 1.807) is 18.2 Å². The Labute approximate surface area is 169 Å². The molecular formula is C24H23F2N3. The summed E-state index contributed by atoms with van der Waals surface area (Å²) in [6.07, 6.45) is 1.82. The first-order chi connectivity index (χ1) is 14.0. The lowest BCUT2D eigenvalue weighted by Crippen LogP contribution is -2.18. The Kier molecular flexibility index (Phi) is 5.05. The van der Waals surface area contributed by atoms with Crippen molar-refractivity contribution in [2.75, 3.05) is 11.9 Å². The van der Waals surface area contributed by atoms with E-state index in [9.17, 15) is 8.78 Å². The molecular weight excluding hydrogens is 368 g/mol. The SMILES string of the molecule is Cc1c(C)n(Cc2ccccc2F)c2c(CN(C)c3ccc(F)cc3)nccc12. The summed E-state index contributed by atoms with van der Waals surface area (Å²) < 4.78 is 29.7. The molecule has 0 aliphatic carbocycles. The van der Waals surface area contributed by atoms with Gasteiger partial charge in [0.15, 0.2) is 0 Å². The van der Waals surface area contributed by atoms with Crippen LogP contribution in [0.1, 0.15) is 22.5 Å². The fraction of sp³-hybridized carbons (Fsp3) is 0.208. The van der Waals surface area contributed by atoms with Crippen LogP contribution in [-0.4, -0.2) is 16.6 Å². The summed E-state index contributed by atoms with van der Waals surface area (Å²) in [7, 11) is 1.96. The minimum Gasteiger partial charge on any atom is -0.369 e. The van der Waals surface area contributed by atoms with Gasteiger partial charge in [-0.3, -0.25) is 4.98 Å². The number of pyridine rings is 1. The first-order valence-electron chi connectivity index (χ1n) is 9.59. The lowest BCUT2D eigenvalue weighted by atomic mass is 10.1. The van der Waals surface area contributed by atoms with E-state index in [1.165, 1.54) is 23.8 Å². The maximum atomic E-state index is 14.3. The standard InChI is InChI=1S/C24H23F2N3/c1-16-17(2)29(14-18-6-4-5-7-22(18)26)24-21(16)12-13-27-23(24)15-28(3)20-10-8-19(25)9-11-20/h4-13H,14-15H2,1-3H3. The number of benzene rings is 2. The number of anilines is 1. The van der Waals surface area contributed by atoms with Crippen molar-refractivity contribution in [2.45, 2.75) is 26.9 Å². The van der Waals surface area contributed by atoms with E-state index in [0.29, 0.717) is 18.7 Å². The molecule has 0 atom stereocenters. The minimum atomic E-state index is -0.257. The van der Waals surface area contributed by atoms with E-state index in [4.69, 9.17) is 0 Å². The molecule has 4 rings (SSSR count). The topological polar surface area (TPSA) is 21.1 Å². The van der Waals surface area contributed by atoms with Crippen LogP contribution in [0.25, 0.3) is 10.9 Å². The molecule has 2 aromatic carbocycles. The summed E-state index contributed by atoms with van der Waals surface area (Å²) in [4.78, 5) is 6.67. The third kappa shape index (κ3) is 3.60. The van der Waals surface area contributed by atoms with Crippen LogP contribution in [0.2, 0.25) is 0 Å². The van der Waals surface area contributed by atoms with Gasteiger partial charge in [-0.1, -0.05) is 18.2 Å². The summed E-state index contributed by atoms with van der Waals surface area (Å²) in [6.45, 7) is 5.15. The van der Waals surface area contributed by atoms with Gasteiger partial charge in [-0.2, -0.15) is 0 Å². The Morgan fingerprint density at radius 2 is 1.69 bits per heavy atom. The molecule has 0 N–H and O–H groups in total. The largest absolute Gasteiger partial charge is 0.369 e. The molecule has 148 valence electrons. The van der Waals surface area contributed by atoms with Crippen LogP contribution in [0.15, 0.2) is 60.8 Å². The molecule has 0 aliphatic heterocycles. The predicted molar refractivity (Wildman–Crippen MR) is 113 cm³/mol. The molecule has 29 heavy (non-hydrogen) atoms. The Balaban J connectivity index is 1.78. The molecule has 0 fully saturated rings. The quantitative estimate of drug-likeness (QED) is 0.440. The van der Waals surface area contributed by atoms with Gasteiger partial charge in [0.25, 0.3) is 0 Å².